The highest BCUT2D eigenvalue weighted by atomic mass is 32.1. The Labute approximate surface area is 143 Å². The number of thiazole rings is 1. The molecule has 0 aliphatic carbocycles. The standard InChI is InChI=1S/C14H15N.C6H9NS/c1-11(2)12-6-8-13(9-7-12)14-5-3-4-10-15-14;1-5(2)6-7-3-4-8-6/h3-11H,1-2H3;3-5H,1-2H3. The van der Waals surface area contributed by atoms with E-state index in [1.54, 1.807) is 11.3 Å². The van der Waals surface area contributed by atoms with Gasteiger partial charge in [-0.3, -0.25) is 4.98 Å². The van der Waals surface area contributed by atoms with Gasteiger partial charge in [0.05, 0.1) is 10.7 Å². The van der Waals surface area contributed by atoms with Crippen molar-refractivity contribution in [1.29, 1.82) is 0 Å². The Kier molecular flexibility index (Phi) is 6.48. The third kappa shape index (κ3) is 5.29. The lowest BCUT2D eigenvalue weighted by molar-refractivity contribution is 0.852. The lowest BCUT2D eigenvalue weighted by Gasteiger charge is -2.06. The molecule has 2 aromatic heterocycles. The molecular formula is C20H24N2S. The molecule has 0 unspecified atom stereocenters. The Bertz CT molecular complexity index is 671. The molecule has 120 valence electrons. The molecule has 2 nitrogen and oxygen atoms in total. The average Bonchev–Trinajstić information content (AvgIpc) is 3.11. The highest BCUT2D eigenvalue weighted by molar-refractivity contribution is 7.09. The van der Waals surface area contributed by atoms with Crippen molar-refractivity contribution in [2.75, 3.05) is 0 Å². The first-order valence-electron chi connectivity index (χ1n) is 7.98. The Morgan fingerprint density at radius 2 is 1.52 bits per heavy atom. The van der Waals surface area contributed by atoms with Crippen LogP contribution in [0.3, 0.4) is 0 Å². The first-order valence-corrected chi connectivity index (χ1v) is 8.86. The van der Waals surface area contributed by atoms with Gasteiger partial charge in [0, 0.05) is 29.3 Å². The SMILES string of the molecule is CC(C)c1ccc(-c2ccccn2)cc1.CC(C)c1nccs1. The number of hydrogen-bond donors (Lipinski definition) is 0. The largest absolute Gasteiger partial charge is 0.256 e. The van der Waals surface area contributed by atoms with Gasteiger partial charge in [0.15, 0.2) is 0 Å². The summed E-state index contributed by atoms with van der Waals surface area (Å²) in [5, 5.41) is 3.24. The molecule has 3 heteroatoms. The molecule has 3 aromatic rings. The Balaban J connectivity index is 0.000000203. The van der Waals surface area contributed by atoms with Gasteiger partial charge in [0.2, 0.25) is 0 Å². The van der Waals surface area contributed by atoms with Crippen molar-refractivity contribution in [3.8, 4) is 11.3 Å². The van der Waals surface area contributed by atoms with Crippen LogP contribution in [0.25, 0.3) is 11.3 Å². The molecule has 0 aliphatic heterocycles. The molecule has 0 amide bonds. The van der Waals surface area contributed by atoms with Crippen molar-refractivity contribution in [3.05, 3.63) is 70.8 Å². The van der Waals surface area contributed by atoms with Gasteiger partial charge in [-0.2, -0.15) is 0 Å². The van der Waals surface area contributed by atoms with E-state index in [4.69, 9.17) is 0 Å². The number of pyridine rings is 1. The fourth-order valence-corrected chi connectivity index (χ4v) is 2.75. The molecule has 3 rings (SSSR count). The molecule has 0 radical (unpaired) electrons. The summed E-state index contributed by atoms with van der Waals surface area (Å²) < 4.78 is 0. The molecule has 1 aromatic carbocycles. The van der Waals surface area contributed by atoms with E-state index >= 15 is 0 Å². The molecule has 2 heterocycles. The van der Waals surface area contributed by atoms with Gasteiger partial charge in [0.25, 0.3) is 0 Å². The summed E-state index contributed by atoms with van der Waals surface area (Å²) in [5.41, 5.74) is 3.59. The molecule has 0 saturated heterocycles. The van der Waals surface area contributed by atoms with Crippen molar-refractivity contribution in [3.63, 3.8) is 0 Å². The zero-order chi connectivity index (χ0) is 16.7. The fourth-order valence-electron chi connectivity index (χ4n) is 2.09. The molecule has 0 aliphatic rings. The predicted molar refractivity (Wildman–Crippen MR) is 100.0 cm³/mol. The second-order valence-electron chi connectivity index (χ2n) is 6.02. The fraction of sp³-hybridized carbons (Fsp3) is 0.300. The van der Waals surface area contributed by atoms with Gasteiger partial charge in [-0.1, -0.05) is 58.0 Å². The van der Waals surface area contributed by atoms with Crippen molar-refractivity contribution < 1.29 is 0 Å². The quantitative estimate of drug-likeness (QED) is 0.578. The van der Waals surface area contributed by atoms with Crippen molar-refractivity contribution in [2.24, 2.45) is 0 Å². The van der Waals surface area contributed by atoms with Crippen LogP contribution in [0.15, 0.2) is 60.2 Å². The summed E-state index contributed by atoms with van der Waals surface area (Å²) >= 11 is 1.72. The van der Waals surface area contributed by atoms with Crippen LogP contribution in [0.2, 0.25) is 0 Å². The Morgan fingerprint density at radius 1 is 0.783 bits per heavy atom. The molecule has 0 N–H and O–H groups in total. The van der Waals surface area contributed by atoms with Gasteiger partial charge < -0.3 is 0 Å². The minimum atomic E-state index is 0.586. The molecule has 23 heavy (non-hydrogen) atoms. The van der Waals surface area contributed by atoms with E-state index in [9.17, 15) is 0 Å². The van der Waals surface area contributed by atoms with E-state index in [-0.39, 0.29) is 0 Å². The zero-order valence-electron chi connectivity index (χ0n) is 14.2. The van der Waals surface area contributed by atoms with Crippen molar-refractivity contribution in [2.45, 2.75) is 39.5 Å². The maximum absolute atomic E-state index is 4.32. The lowest BCUT2D eigenvalue weighted by Crippen LogP contribution is -1.87. The van der Waals surface area contributed by atoms with E-state index in [1.807, 2.05) is 36.0 Å². The number of rotatable bonds is 3. The first kappa shape index (κ1) is 17.4. The molecule has 0 saturated carbocycles. The maximum atomic E-state index is 4.32. The average molecular weight is 324 g/mol. The van der Waals surface area contributed by atoms with Crippen LogP contribution >= 0.6 is 11.3 Å². The summed E-state index contributed by atoms with van der Waals surface area (Å²) in [5.74, 6) is 1.18. The van der Waals surface area contributed by atoms with Crippen molar-refractivity contribution in [1.82, 2.24) is 9.97 Å². The summed E-state index contributed by atoms with van der Waals surface area (Å²) in [6.07, 6.45) is 3.67. The van der Waals surface area contributed by atoms with Gasteiger partial charge in [-0.05, 0) is 23.6 Å². The van der Waals surface area contributed by atoms with Crippen LogP contribution in [0.4, 0.5) is 0 Å². The minimum absolute atomic E-state index is 0.586. The van der Waals surface area contributed by atoms with Crippen LogP contribution in [-0.2, 0) is 0 Å². The van der Waals surface area contributed by atoms with E-state index in [0.29, 0.717) is 11.8 Å². The van der Waals surface area contributed by atoms with Crippen LogP contribution in [-0.4, -0.2) is 9.97 Å². The summed E-state index contributed by atoms with van der Waals surface area (Å²) in [6.45, 7) is 8.71. The molecule has 0 atom stereocenters. The number of nitrogens with zero attached hydrogens (tertiary/aromatic N) is 2. The zero-order valence-corrected chi connectivity index (χ0v) is 15.0. The van der Waals surface area contributed by atoms with E-state index < -0.39 is 0 Å². The van der Waals surface area contributed by atoms with Gasteiger partial charge >= 0.3 is 0 Å². The number of aromatic nitrogens is 2. The monoisotopic (exact) mass is 324 g/mol. The maximum Gasteiger partial charge on any atom is 0.0950 e. The predicted octanol–water partition coefficient (Wildman–Crippen LogP) is 6.14. The topological polar surface area (TPSA) is 25.8 Å². The lowest BCUT2D eigenvalue weighted by atomic mass is 10.0. The summed E-state index contributed by atoms with van der Waals surface area (Å²) in [6, 6.07) is 14.6. The summed E-state index contributed by atoms with van der Waals surface area (Å²) in [4.78, 5) is 8.46. The highest BCUT2D eigenvalue weighted by Crippen LogP contribution is 2.20. The normalized spacial score (nSPS) is 10.5. The Morgan fingerprint density at radius 3 is 1.96 bits per heavy atom. The van der Waals surface area contributed by atoms with E-state index in [1.165, 1.54) is 16.1 Å². The van der Waals surface area contributed by atoms with Crippen molar-refractivity contribution >= 4 is 11.3 Å². The third-order valence-electron chi connectivity index (χ3n) is 3.48. The Hall–Kier alpha value is -2.00. The minimum Gasteiger partial charge on any atom is -0.256 e. The third-order valence-corrected chi connectivity index (χ3v) is 4.56. The van der Waals surface area contributed by atoms with Gasteiger partial charge in [0.1, 0.15) is 0 Å². The molecule has 0 spiro atoms. The van der Waals surface area contributed by atoms with E-state index in [2.05, 4.69) is 61.9 Å². The van der Waals surface area contributed by atoms with Gasteiger partial charge in [-0.15, -0.1) is 11.3 Å². The van der Waals surface area contributed by atoms with Crippen LogP contribution in [0.1, 0.15) is 50.1 Å². The second kappa shape index (κ2) is 8.59. The smallest absolute Gasteiger partial charge is 0.0950 e. The first-order chi connectivity index (χ1) is 11.1. The van der Waals surface area contributed by atoms with E-state index in [0.717, 1.165) is 5.69 Å². The number of hydrogen-bond acceptors (Lipinski definition) is 3. The van der Waals surface area contributed by atoms with Crippen LogP contribution in [0.5, 0.6) is 0 Å². The molecular weight excluding hydrogens is 300 g/mol. The highest BCUT2D eigenvalue weighted by Gasteiger charge is 2.00. The van der Waals surface area contributed by atoms with Crippen LogP contribution in [0, 0.1) is 0 Å². The van der Waals surface area contributed by atoms with Gasteiger partial charge in [-0.25, -0.2) is 4.98 Å². The second-order valence-corrected chi connectivity index (χ2v) is 6.94. The van der Waals surface area contributed by atoms with Crippen LogP contribution < -0.4 is 0 Å². The molecule has 0 fully saturated rings. The summed E-state index contributed by atoms with van der Waals surface area (Å²) in [7, 11) is 0. The molecule has 0 bridgehead atoms. The number of benzene rings is 1.